The molecule has 3 heterocycles. The Labute approximate surface area is 254 Å². The number of hydrogen-bond donors (Lipinski definition) is 4. The number of carbonyl (C=O) groups is 5. The number of hydrazine groups is 2. The van der Waals surface area contributed by atoms with Crippen LogP contribution in [-0.2, 0) is 9.59 Å². The number of aliphatic hydroxyl groups excluding tert-OH is 1. The smallest absolute Gasteiger partial charge is 0.358 e. The fraction of sp³-hybridized carbons (Fsp3) is 0.333. The minimum Gasteiger partial charge on any atom is -0.432 e. The van der Waals surface area contributed by atoms with Crippen molar-refractivity contribution in [3.63, 3.8) is 0 Å². The predicted octanol–water partition coefficient (Wildman–Crippen LogP) is 1.88. The van der Waals surface area contributed by atoms with Crippen LogP contribution < -0.4 is 10.7 Å². The summed E-state index contributed by atoms with van der Waals surface area (Å²) in [6.07, 6.45) is -2.30. The molecule has 2 fully saturated rings. The van der Waals surface area contributed by atoms with Crippen molar-refractivity contribution in [2.75, 3.05) is 13.1 Å². The summed E-state index contributed by atoms with van der Waals surface area (Å²) in [4.78, 5) is 70.4. The molecule has 5 rings (SSSR count). The Balaban J connectivity index is 1.38. The van der Waals surface area contributed by atoms with Crippen molar-refractivity contribution >= 4 is 63.8 Å². The third kappa shape index (κ3) is 6.41. The Hall–Kier alpha value is -4.24. The van der Waals surface area contributed by atoms with Gasteiger partial charge in [0.05, 0.1) is 11.6 Å². The van der Waals surface area contributed by atoms with E-state index < -0.39 is 60.2 Å². The Bertz CT molecular complexity index is 1580. The lowest BCUT2D eigenvalue weighted by molar-refractivity contribution is -0.155. The third-order valence-electron chi connectivity index (χ3n) is 6.94. The summed E-state index contributed by atoms with van der Waals surface area (Å²) in [7, 11) is 0. The monoisotopic (exact) mass is 632 g/mol. The number of urea groups is 1. The molecule has 2 saturated heterocycles. The second-order valence-electron chi connectivity index (χ2n) is 9.91. The first-order valence-electron chi connectivity index (χ1n) is 13.3. The van der Waals surface area contributed by atoms with Crippen LogP contribution >= 0.6 is 23.2 Å². The lowest BCUT2D eigenvalue weighted by atomic mass is 10.0. The van der Waals surface area contributed by atoms with Gasteiger partial charge >= 0.3 is 6.03 Å². The maximum atomic E-state index is 13.7. The fourth-order valence-corrected chi connectivity index (χ4v) is 5.44. The lowest BCUT2D eigenvalue weighted by Gasteiger charge is -2.43. The van der Waals surface area contributed by atoms with Gasteiger partial charge in [-0.2, -0.15) is 0 Å². The van der Waals surface area contributed by atoms with Crippen molar-refractivity contribution in [3.05, 3.63) is 64.0 Å². The highest BCUT2D eigenvalue weighted by molar-refractivity contribution is 6.38. The van der Waals surface area contributed by atoms with Gasteiger partial charge in [-0.25, -0.2) is 24.8 Å². The Morgan fingerprint density at radius 3 is 2.56 bits per heavy atom. The van der Waals surface area contributed by atoms with Crippen LogP contribution in [0.25, 0.3) is 11.1 Å². The van der Waals surface area contributed by atoms with E-state index in [4.69, 9.17) is 27.6 Å². The molecule has 0 aliphatic carbocycles. The summed E-state index contributed by atoms with van der Waals surface area (Å²) in [5, 5.41) is 25.2. The standard InChI is InChI=1S/C27H26Cl2N6O8/c28-15-11-16(29)23-18(12-15)31-26(43-23)22(39)17(13-21(37)38)30-25(41)19-7-4-9-34-20(36)8-10-33(27(42)35(19)34)32-24(40)14-5-2-1-3-6-14/h1-3,5-6,11-12,17,19,21,37-38H,4,7-10,13H2,(H,30,41)(H,32,40)/t17-,19-/m0/s1. The molecule has 2 aromatic carbocycles. The molecule has 3 aromatic rings. The highest BCUT2D eigenvalue weighted by Crippen LogP contribution is 2.29. The van der Waals surface area contributed by atoms with Crippen LogP contribution in [0.4, 0.5) is 4.79 Å². The summed E-state index contributed by atoms with van der Waals surface area (Å²) in [6, 6.07) is 7.30. The number of halogens is 2. The lowest BCUT2D eigenvalue weighted by Crippen LogP contribution is -2.65. The first kappa shape index (κ1) is 30.2. The highest BCUT2D eigenvalue weighted by Gasteiger charge is 2.45. The van der Waals surface area contributed by atoms with Crippen LogP contribution in [0.5, 0.6) is 0 Å². The normalized spacial score (nSPS) is 18.0. The van der Waals surface area contributed by atoms with E-state index in [2.05, 4.69) is 15.7 Å². The fourth-order valence-electron chi connectivity index (χ4n) is 4.92. The molecule has 226 valence electrons. The molecule has 0 radical (unpaired) electrons. The average Bonchev–Trinajstić information content (AvgIpc) is 3.37. The number of amides is 5. The summed E-state index contributed by atoms with van der Waals surface area (Å²) in [5.41, 5.74) is 3.02. The maximum absolute atomic E-state index is 13.7. The molecule has 0 saturated carbocycles. The molecule has 2 aliphatic heterocycles. The molecule has 1 aromatic heterocycles. The number of ketones is 1. The molecule has 0 unspecified atom stereocenters. The summed E-state index contributed by atoms with van der Waals surface area (Å²) in [6.45, 7) is 0.0124. The summed E-state index contributed by atoms with van der Waals surface area (Å²) >= 11 is 12.1. The van der Waals surface area contributed by atoms with E-state index in [0.717, 1.165) is 15.0 Å². The highest BCUT2D eigenvalue weighted by atomic mass is 35.5. The van der Waals surface area contributed by atoms with Gasteiger partial charge in [0.15, 0.2) is 11.9 Å². The van der Waals surface area contributed by atoms with Crippen molar-refractivity contribution in [2.45, 2.75) is 44.1 Å². The third-order valence-corrected chi connectivity index (χ3v) is 7.44. The van der Waals surface area contributed by atoms with Crippen LogP contribution in [0, 0.1) is 0 Å². The van der Waals surface area contributed by atoms with Crippen molar-refractivity contribution < 1.29 is 38.6 Å². The number of nitrogens with one attached hydrogen (secondary N) is 2. The molecule has 43 heavy (non-hydrogen) atoms. The van der Waals surface area contributed by atoms with Gasteiger partial charge in [0, 0.05) is 30.0 Å². The molecular weight excluding hydrogens is 607 g/mol. The average molecular weight is 633 g/mol. The first-order chi connectivity index (χ1) is 20.5. The van der Waals surface area contributed by atoms with Crippen LogP contribution in [0.2, 0.25) is 10.0 Å². The van der Waals surface area contributed by atoms with Crippen LogP contribution in [0.3, 0.4) is 0 Å². The maximum Gasteiger partial charge on any atom is 0.358 e. The molecule has 0 spiro atoms. The van der Waals surface area contributed by atoms with E-state index in [1.165, 1.54) is 12.1 Å². The van der Waals surface area contributed by atoms with Gasteiger partial charge in [0.2, 0.25) is 17.6 Å². The molecule has 2 atom stereocenters. The number of carbonyl (C=O) groups excluding carboxylic acids is 5. The molecule has 4 N–H and O–H groups in total. The Kier molecular flexibility index (Phi) is 8.82. The number of rotatable bonds is 8. The number of hydrogen-bond acceptors (Lipinski definition) is 9. The zero-order valence-corrected chi connectivity index (χ0v) is 23.9. The predicted molar refractivity (Wildman–Crippen MR) is 150 cm³/mol. The minimum atomic E-state index is -2.01. The Morgan fingerprint density at radius 2 is 1.84 bits per heavy atom. The summed E-state index contributed by atoms with van der Waals surface area (Å²) < 4.78 is 5.50. The van der Waals surface area contributed by atoms with E-state index in [0.29, 0.717) is 6.42 Å². The number of benzene rings is 2. The second-order valence-corrected chi connectivity index (χ2v) is 10.8. The zero-order chi connectivity index (χ0) is 30.8. The largest absolute Gasteiger partial charge is 0.432 e. The SMILES string of the molecule is O=C(NN1CCC(=O)N2CCC[C@@H](C(=O)N[C@@H](CC(O)O)C(=O)c3nc4cc(Cl)cc(Cl)c4o3)N2C1=O)c1ccccc1. The molecule has 5 amide bonds. The summed E-state index contributed by atoms with van der Waals surface area (Å²) in [5.74, 6) is -3.24. The van der Waals surface area contributed by atoms with Crippen LogP contribution in [-0.4, -0.2) is 91.2 Å². The van der Waals surface area contributed by atoms with Gasteiger partial charge in [0.1, 0.15) is 17.6 Å². The van der Waals surface area contributed by atoms with Crippen molar-refractivity contribution in [2.24, 2.45) is 0 Å². The van der Waals surface area contributed by atoms with Crippen molar-refractivity contribution in [1.29, 1.82) is 0 Å². The molecule has 14 nitrogen and oxygen atoms in total. The van der Waals surface area contributed by atoms with Gasteiger partial charge in [0.25, 0.3) is 11.8 Å². The van der Waals surface area contributed by atoms with Gasteiger partial charge in [-0.3, -0.25) is 24.6 Å². The van der Waals surface area contributed by atoms with Gasteiger partial charge in [-0.05, 0) is 37.1 Å². The zero-order valence-electron chi connectivity index (χ0n) is 22.4. The first-order valence-corrected chi connectivity index (χ1v) is 14.0. The van der Waals surface area contributed by atoms with Crippen LogP contribution in [0.1, 0.15) is 46.7 Å². The quantitative estimate of drug-likeness (QED) is 0.212. The molecule has 2 aliphatic rings. The number of aromatic nitrogens is 1. The van der Waals surface area contributed by atoms with E-state index in [1.54, 1.807) is 30.3 Å². The number of fused-ring (bicyclic) bond motifs is 2. The topological polar surface area (TPSA) is 186 Å². The number of Topliss-reactive ketones (excluding diaryl/α,β-unsaturated/α-hetero) is 1. The number of nitrogens with zero attached hydrogens (tertiary/aromatic N) is 4. The second kappa shape index (κ2) is 12.6. The van der Waals surface area contributed by atoms with E-state index in [9.17, 15) is 34.2 Å². The van der Waals surface area contributed by atoms with E-state index >= 15 is 0 Å². The van der Waals surface area contributed by atoms with Crippen molar-refractivity contribution in [1.82, 2.24) is 30.8 Å². The van der Waals surface area contributed by atoms with Gasteiger partial charge < -0.3 is 19.9 Å². The molecular formula is C27H26Cl2N6O8. The Morgan fingerprint density at radius 1 is 1.09 bits per heavy atom. The molecule has 0 bridgehead atoms. The minimum absolute atomic E-state index is 0.0679. The van der Waals surface area contributed by atoms with Gasteiger partial charge in [-0.1, -0.05) is 41.4 Å². The van der Waals surface area contributed by atoms with Gasteiger partial charge in [-0.15, -0.1) is 0 Å². The van der Waals surface area contributed by atoms with E-state index in [-0.39, 0.29) is 52.6 Å². The van der Waals surface area contributed by atoms with Crippen molar-refractivity contribution in [3.8, 4) is 0 Å². The van der Waals surface area contributed by atoms with Crippen LogP contribution in [0.15, 0.2) is 46.9 Å². The number of oxazole rings is 1. The van der Waals surface area contributed by atoms with E-state index in [1.807, 2.05) is 0 Å². The number of aliphatic hydroxyl groups is 2. The molecule has 16 heteroatoms.